The summed E-state index contributed by atoms with van der Waals surface area (Å²) in [7, 11) is 1.47. The highest BCUT2D eigenvalue weighted by atomic mass is 16.5. The highest BCUT2D eigenvalue weighted by Gasteiger charge is 2.27. The Labute approximate surface area is 179 Å². The van der Waals surface area contributed by atoms with Gasteiger partial charge in [-0.05, 0) is 37.1 Å². The van der Waals surface area contributed by atoms with Gasteiger partial charge in [-0.3, -0.25) is 14.0 Å². The van der Waals surface area contributed by atoms with Crippen molar-refractivity contribution in [2.75, 3.05) is 7.11 Å². The van der Waals surface area contributed by atoms with Crippen molar-refractivity contribution in [2.24, 2.45) is 5.92 Å². The monoisotopic (exact) mass is 423 g/mol. The number of fused-ring (bicyclic) bond motifs is 1. The Bertz CT molecular complexity index is 1170. The van der Waals surface area contributed by atoms with Gasteiger partial charge in [-0.1, -0.05) is 32.0 Å². The first kappa shape index (κ1) is 22.0. The minimum Gasteiger partial charge on any atom is -0.496 e. The number of nitrogens with zero attached hydrogens (tertiary/aromatic N) is 2. The number of hydrogen-bond donors (Lipinski definition) is 1. The Balaban J connectivity index is 1.73. The molecule has 0 spiro atoms. The van der Waals surface area contributed by atoms with Crippen LogP contribution in [0.2, 0.25) is 0 Å². The van der Waals surface area contributed by atoms with E-state index in [1.807, 2.05) is 13.0 Å². The fraction of sp³-hybridized carbons (Fsp3) is 0.304. The van der Waals surface area contributed by atoms with Crippen LogP contribution in [0.1, 0.15) is 35.6 Å². The van der Waals surface area contributed by atoms with Crippen molar-refractivity contribution in [3.05, 3.63) is 75.8 Å². The van der Waals surface area contributed by atoms with Crippen LogP contribution in [0.4, 0.5) is 0 Å². The molecule has 0 aliphatic carbocycles. The molecular weight excluding hydrogens is 398 g/mol. The van der Waals surface area contributed by atoms with Crippen LogP contribution in [-0.4, -0.2) is 34.4 Å². The molecule has 3 rings (SSSR count). The lowest BCUT2D eigenvalue weighted by Crippen LogP contribution is -2.45. The van der Waals surface area contributed by atoms with Crippen molar-refractivity contribution in [1.82, 2.24) is 14.7 Å². The van der Waals surface area contributed by atoms with Gasteiger partial charge in [-0.2, -0.15) is 0 Å². The summed E-state index contributed by atoms with van der Waals surface area (Å²) in [5.41, 5.74) is 1.64. The Hall–Kier alpha value is -3.68. The zero-order valence-corrected chi connectivity index (χ0v) is 17.9. The van der Waals surface area contributed by atoms with Crippen LogP contribution in [0, 0.1) is 12.8 Å². The van der Waals surface area contributed by atoms with Gasteiger partial charge >= 0.3 is 5.97 Å². The average molecular weight is 423 g/mol. The quantitative estimate of drug-likeness (QED) is 0.587. The Morgan fingerprint density at radius 3 is 2.58 bits per heavy atom. The van der Waals surface area contributed by atoms with E-state index >= 15 is 0 Å². The molecule has 0 fully saturated rings. The lowest BCUT2D eigenvalue weighted by atomic mass is 10.0. The maximum absolute atomic E-state index is 12.7. The van der Waals surface area contributed by atoms with Gasteiger partial charge in [0.25, 0.3) is 11.5 Å². The van der Waals surface area contributed by atoms with Crippen LogP contribution in [-0.2, 0) is 16.1 Å². The number of aryl methyl sites for hydroxylation is 1. The average Bonchev–Trinajstić information content (AvgIpc) is 2.75. The molecule has 0 unspecified atom stereocenters. The number of pyridine rings is 1. The summed E-state index contributed by atoms with van der Waals surface area (Å²) < 4.78 is 12.1. The van der Waals surface area contributed by atoms with Gasteiger partial charge in [0, 0.05) is 11.8 Å². The zero-order chi connectivity index (χ0) is 22.5. The zero-order valence-electron chi connectivity index (χ0n) is 17.9. The number of benzene rings is 1. The number of esters is 1. The van der Waals surface area contributed by atoms with E-state index in [4.69, 9.17) is 9.47 Å². The molecule has 0 bridgehead atoms. The van der Waals surface area contributed by atoms with Crippen LogP contribution in [0.3, 0.4) is 0 Å². The Kier molecular flexibility index (Phi) is 6.69. The lowest BCUT2D eigenvalue weighted by molar-refractivity contribution is -0.148. The largest absolute Gasteiger partial charge is 0.496 e. The topological polar surface area (TPSA) is 99.0 Å². The van der Waals surface area contributed by atoms with E-state index in [0.717, 1.165) is 5.69 Å². The fourth-order valence-electron chi connectivity index (χ4n) is 3.22. The third-order valence-corrected chi connectivity index (χ3v) is 4.85. The van der Waals surface area contributed by atoms with Gasteiger partial charge in [0.15, 0.2) is 0 Å². The summed E-state index contributed by atoms with van der Waals surface area (Å²) in [4.78, 5) is 42.2. The number of para-hydroxylation sites is 1. The molecule has 1 N–H and O–H groups in total. The van der Waals surface area contributed by atoms with Crippen molar-refractivity contribution < 1.29 is 19.1 Å². The van der Waals surface area contributed by atoms with Gasteiger partial charge in [0.05, 0.1) is 18.4 Å². The summed E-state index contributed by atoms with van der Waals surface area (Å²) in [6.07, 6.45) is 0. The van der Waals surface area contributed by atoms with Crippen molar-refractivity contribution >= 4 is 17.5 Å². The van der Waals surface area contributed by atoms with E-state index in [9.17, 15) is 14.4 Å². The second-order valence-electron chi connectivity index (χ2n) is 7.45. The molecular formula is C23H25N3O5. The van der Waals surface area contributed by atoms with E-state index in [-0.39, 0.29) is 18.1 Å². The van der Waals surface area contributed by atoms with E-state index < -0.39 is 17.9 Å². The summed E-state index contributed by atoms with van der Waals surface area (Å²) in [5, 5.41) is 2.71. The molecule has 31 heavy (non-hydrogen) atoms. The molecule has 0 saturated heterocycles. The predicted molar refractivity (Wildman–Crippen MR) is 115 cm³/mol. The first-order chi connectivity index (χ1) is 14.8. The van der Waals surface area contributed by atoms with Gasteiger partial charge in [0.2, 0.25) is 0 Å². The van der Waals surface area contributed by atoms with Gasteiger partial charge in [-0.15, -0.1) is 0 Å². The molecule has 2 aromatic heterocycles. The van der Waals surface area contributed by atoms with Crippen molar-refractivity contribution in [3.8, 4) is 5.75 Å². The predicted octanol–water partition coefficient (Wildman–Crippen LogP) is 2.51. The number of nitrogens with one attached hydrogen (secondary N) is 1. The van der Waals surface area contributed by atoms with Crippen molar-refractivity contribution in [3.63, 3.8) is 0 Å². The minimum atomic E-state index is -0.874. The number of aromatic nitrogens is 2. The number of ether oxygens (including phenoxy) is 2. The normalized spacial score (nSPS) is 11.9. The van der Waals surface area contributed by atoms with Gasteiger partial charge < -0.3 is 14.8 Å². The van der Waals surface area contributed by atoms with Crippen LogP contribution < -0.4 is 15.6 Å². The molecule has 2 heterocycles. The second-order valence-corrected chi connectivity index (χ2v) is 7.45. The summed E-state index contributed by atoms with van der Waals surface area (Å²) >= 11 is 0. The van der Waals surface area contributed by atoms with E-state index in [0.29, 0.717) is 22.7 Å². The first-order valence-corrected chi connectivity index (χ1v) is 9.90. The minimum absolute atomic E-state index is 0.174. The third kappa shape index (κ3) is 4.91. The van der Waals surface area contributed by atoms with Crippen LogP contribution >= 0.6 is 0 Å². The fourth-order valence-corrected chi connectivity index (χ4v) is 3.22. The number of amides is 1. The van der Waals surface area contributed by atoms with E-state index in [1.165, 1.54) is 17.6 Å². The first-order valence-electron chi connectivity index (χ1n) is 9.90. The molecule has 0 radical (unpaired) electrons. The Morgan fingerprint density at radius 1 is 1.13 bits per heavy atom. The third-order valence-electron chi connectivity index (χ3n) is 4.85. The standard InChI is InChI=1S/C23H25N3O5/c1-14(2)21(25-22(28)17-9-5-6-10-18(17)30-4)23(29)31-13-16-12-20(27)26-15(3)8-7-11-19(26)24-16/h5-12,14,21H,13H2,1-4H3,(H,25,28)/t21-/m0/s1. The molecule has 8 nitrogen and oxygen atoms in total. The molecule has 1 atom stereocenters. The lowest BCUT2D eigenvalue weighted by Gasteiger charge is -2.21. The summed E-state index contributed by atoms with van der Waals surface area (Å²) in [6, 6.07) is 12.5. The molecule has 0 aliphatic rings. The van der Waals surface area contributed by atoms with Crippen LogP contribution in [0.5, 0.6) is 5.75 Å². The highest BCUT2D eigenvalue weighted by molar-refractivity contribution is 5.99. The van der Waals surface area contributed by atoms with Crippen molar-refractivity contribution in [2.45, 2.75) is 33.4 Å². The summed E-state index contributed by atoms with van der Waals surface area (Å²) in [6.45, 7) is 5.25. The van der Waals surface area contributed by atoms with E-state index in [1.54, 1.807) is 50.2 Å². The highest BCUT2D eigenvalue weighted by Crippen LogP contribution is 2.18. The van der Waals surface area contributed by atoms with Gasteiger partial charge in [-0.25, -0.2) is 9.78 Å². The molecule has 8 heteroatoms. The molecule has 1 aromatic carbocycles. The van der Waals surface area contributed by atoms with Crippen molar-refractivity contribution in [1.29, 1.82) is 0 Å². The number of carbonyl (C=O) groups excluding carboxylic acids is 2. The van der Waals surface area contributed by atoms with E-state index in [2.05, 4.69) is 10.3 Å². The summed E-state index contributed by atoms with van der Waals surface area (Å²) in [5.74, 6) is -0.855. The Morgan fingerprint density at radius 2 is 1.87 bits per heavy atom. The SMILES string of the molecule is COc1ccccc1C(=O)N[C@H](C(=O)OCc1cc(=O)n2c(C)cccc2n1)C(C)C. The molecule has 3 aromatic rings. The second kappa shape index (κ2) is 9.42. The number of methoxy groups -OCH3 is 1. The maximum Gasteiger partial charge on any atom is 0.329 e. The smallest absolute Gasteiger partial charge is 0.329 e. The van der Waals surface area contributed by atoms with Crippen LogP contribution in [0.25, 0.3) is 5.65 Å². The van der Waals surface area contributed by atoms with Crippen LogP contribution in [0.15, 0.2) is 53.3 Å². The molecule has 0 aliphatic heterocycles. The number of hydrogen-bond acceptors (Lipinski definition) is 6. The number of rotatable bonds is 7. The number of carbonyl (C=O) groups is 2. The van der Waals surface area contributed by atoms with Gasteiger partial charge in [0.1, 0.15) is 24.0 Å². The molecule has 1 amide bonds. The molecule has 0 saturated carbocycles. The maximum atomic E-state index is 12.7. The molecule has 162 valence electrons.